The smallest absolute Gasteiger partial charge is 0.358 e. The van der Waals surface area contributed by atoms with Crippen LogP contribution in [-0.4, -0.2) is 53.0 Å². The van der Waals surface area contributed by atoms with Crippen molar-refractivity contribution in [3.05, 3.63) is 22.8 Å². The van der Waals surface area contributed by atoms with Gasteiger partial charge in [0.15, 0.2) is 11.4 Å². The van der Waals surface area contributed by atoms with Gasteiger partial charge < -0.3 is 10.2 Å². The maximum Gasteiger partial charge on any atom is 0.358 e. The van der Waals surface area contributed by atoms with Crippen molar-refractivity contribution in [2.45, 2.75) is 13.8 Å². The molecule has 11 heteroatoms. The van der Waals surface area contributed by atoms with E-state index in [0.29, 0.717) is 11.4 Å². The number of aryl methyl sites for hydroxylation is 2. The largest absolute Gasteiger partial charge is 0.476 e. The van der Waals surface area contributed by atoms with E-state index in [9.17, 15) is 9.59 Å². The standard InChI is InChI=1S/2C4H5N3O2.Zn/c2*1-2-3(4(8)9)6-7-5-2;/h2*1H3,(H,8,9)(H,5,6,7);. The summed E-state index contributed by atoms with van der Waals surface area (Å²) in [6.07, 6.45) is 0. The summed E-state index contributed by atoms with van der Waals surface area (Å²) in [6, 6.07) is 0. The first kappa shape index (κ1) is 16.8. The van der Waals surface area contributed by atoms with Gasteiger partial charge in [-0.1, -0.05) is 0 Å². The zero-order chi connectivity index (χ0) is 13.7. The number of nitrogens with zero attached hydrogens (tertiary/aromatic N) is 4. The molecular weight excluding hydrogens is 310 g/mol. The molecule has 2 aromatic heterocycles. The van der Waals surface area contributed by atoms with Crippen LogP contribution < -0.4 is 0 Å². The SMILES string of the molecule is Cc1n[nH]nc1C(=O)O.Cc1n[nH]nc1C(=O)O.[Zn]. The predicted molar refractivity (Wildman–Crippen MR) is 56.2 cm³/mol. The topological polar surface area (TPSA) is 158 Å². The van der Waals surface area contributed by atoms with Gasteiger partial charge in [0.05, 0.1) is 11.4 Å². The molecule has 0 spiro atoms. The van der Waals surface area contributed by atoms with Crippen LogP contribution in [0.5, 0.6) is 0 Å². The summed E-state index contributed by atoms with van der Waals surface area (Å²) in [5.74, 6) is -2.11. The number of aromatic carboxylic acids is 2. The number of carboxylic acids is 2. The zero-order valence-electron chi connectivity index (χ0n) is 10.2. The minimum atomic E-state index is -1.05. The third kappa shape index (κ3) is 4.55. The van der Waals surface area contributed by atoms with Gasteiger partial charge in [-0.05, 0) is 13.8 Å². The van der Waals surface area contributed by atoms with E-state index in [4.69, 9.17) is 10.2 Å². The van der Waals surface area contributed by atoms with Gasteiger partial charge in [-0.2, -0.15) is 20.6 Å². The van der Waals surface area contributed by atoms with E-state index in [1.54, 1.807) is 13.8 Å². The second-order valence-corrected chi connectivity index (χ2v) is 3.13. The molecule has 0 radical (unpaired) electrons. The van der Waals surface area contributed by atoms with Crippen molar-refractivity contribution in [3.63, 3.8) is 0 Å². The number of hydrogen-bond donors (Lipinski definition) is 4. The van der Waals surface area contributed by atoms with Crippen LogP contribution in [0.1, 0.15) is 32.4 Å². The van der Waals surface area contributed by atoms with Gasteiger partial charge >= 0.3 is 11.9 Å². The first-order valence-corrected chi connectivity index (χ1v) is 4.64. The molecule has 0 saturated carbocycles. The number of rotatable bonds is 2. The molecule has 2 heterocycles. The Hall–Kier alpha value is -2.16. The van der Waals surface area contributed by atoms with E-state index in [0.717, 1.165) is 0 Å². The van der Waals surface area contributed by atoms with Crippen molar-refractivity contribution in [2.75, 3.05) is 0 Å². The van der Waals surface area contributed by atoms with E-state index >= 15 is 0 Å². The van der Waals surface area contributed by atoms with Crippen molar-refractivity contribution in [1.82, 2.24) is 30.8 Å². The van der Waals surface area contributed by atoms with Crippen LogP contribution in [0.15, 0.2) is 0 Å². The van der Waals surface area contributed by atoms with Gasteiger partial charge in [-0.15, -0.1) is 10.2 Å². The normalized spacial score (nSPS) is 8.95. The van der Waals surface area contributed by atoms with Crippen molar-refractivity contribution in [1.29, 1.82) is 0 Å². The Morgan fingerprint density at radius 1 is 0.842 bits per heavy atom. The molecule has 0 aliphatic carbocycles. The molecule has 0 aromatic carbocycles. The fourth-order valence-corrected chi connectivity index (χ4v) is 0.973. The summed E-state index contributed by atoms with van der Waals surface area (Å²) in [5, 5.41) is 34.9. The number of aromatic nitrogens is 6. The Balaban J connectivity index is 0.000000324. The molecule has 0 fully saturated rings. The summed E-state index contributed by atoms with van der Waals surface area (Å²) in [6.45, 7) is 3.15. The van der Waals surface area contributed by atoms with Crippen LogP contribution in [0, 0.1) is 13.8 Å². The molecule has 0 unspecified atom stereocenters. The van der Waals surface area contributed by atoms with Gasteiger partial charge in [0.25, 0.3) is 0 Å². The minimum absolute atomic E-state index is 0. The fourth-order valence-electron chi connectivity index (χ4n) is 0.973. The van der Waals surface area contributed by atoms with Crippen molar-refractivity contribution in [2.24, 2.45) is 0 Å². The molecule has 2 rings (SSSR count). The number of H-pyrrole nitrogens is 2. The molecule has 98 valence electrons. The number of carbonyl (C=O) groups is 2. The van der Waals surface area contributed by atoms with Gasteiger partial charge in [-0.3, -0.25) is 0 Å². The fraction of sp³-hybridized carbons (Fsp3) is 0.250. The number of hydrogen-bond acceptors (Lipinski definition) is 6. The van der Waals surface area contributed by atoms with Gasteiger partial charge in [0, 0.05) is 19.5 Å². The third-order valence-electron chi connectivity index (χ3n) is 1.85. The van der Waals surface area contributed by atoms with Crippen LogP contribution in [0.2, 0.25) is 0 Å². The Morgan fingerprint density at radius 3 is 1.26 bits per heavy atom. The van der Waals surface area contributed by atoms with Crippen LogP contribution in [0.3, 0.4) is 0 Å². The van der Waals surface area contributed by atoms with Crippen LogP contribution in [0.25, 0.3) is 0 Å². The predicted octanol–water partition coefficient (Wildman–Crippen LogP) is -0.380. The molecular formula is C8H10N6O4Zn. The van der Waals surface area contributed by atoms with Crippen molar-refractivity contribution in [3.8, 4) is 0 Å². The zero-order valence-corrected chi connectivity index (χ0v) is 13.2. The molecule has 0 saturated heterocycles. The van der Waals surface area contributed by atoms with Gasteiger partial charge in [0.1, 0.15) is 0 Å². The first-order chi connectivity index (χ1) is 8.43. The Morgan fingerprint density at radius 2 is 1.16 bits per heavy atom. The summed E-state index contributed by atoms with van der Waals surface area (Å²) in [4.78, 5) is 20.3. The van der Waals surface area contributed by atoms with Crippen molar-refractivity contribution >= 4 is 11.9 Å². The average molecular weight is 320 g/mol. The molecule has 0 amide bonds. The summed E-state index contributed by atoms with van der Waals surface area (Å²) in [5.41, 5.74) is 0.773. The van der Waals surface area contributed by atoms with E-state index in [-0.39, 0.29) is 30.9 Å². The summed E-state index contributed by atoms with van der Waals surface area (Å²) < 4.78 is 0. The Labute approximate surface area is 119 Å². The number of carboxylic acid groups (broad SMARTS) is 2. The van der Waals surface area contributed by atoms with Gasteiger partial charge in [0.2, 0.25) is 0 Å². The van der Waals surface area contributed by atoms with Crippen LogP contribution >= 0.6 is 0 Å². The monoisotopic (exact) mass is 318 g/mol. The molecule has 4 N–H and O–H groups in total. The van der Waals surface area contributed by atoms with Crippen LogP contribution in [0.4, 0.5) is 0 Å². The molecule has 0 bridgehead atoms. The molecule has 0 aliphatic heterocycles. The van der Waals surface area contributed by atoms with Crippen molar-refractivity contribution < 1.29 is 39.3 Å². The van der Waals surface area contributed by atoms with Crippen LogP contribution in [-0.2, 0) is 19.5 Å². The maximum absolute atomic E-state index is 10.2. The summed E-state index contributed by atoms with van der Waals surface area (Å²) in [7, 11) is 0. The molecule has 0 atom stereocenters. The first-order valence-electron chi connectivity index (χ1n) is 4.64. The molecule has 2 aromatic rings. The summed E-state index contributed by atoms with van der Waals surface area (Å²) >= 11 is 0. The molecule has 19 heavy (non-hydrogen) atoms. The third-order valence-corrected chi connectivity index (χ3v) is 1.85. The minimum Gasteiger partial charge on any atom is -0.476 e. The number of aromatic amines is 2. The molecule has 0 aliphatic rings. The average Bonchev–Trinajstić information content (AvgIpc) is 2.87. The quantitative estimate of drug-likeness (QED) is 0.545. The van der Waals surface area contributed by atoms with E-state index < -0.39 is 11.9 Å². The number of nitrogens with one attached hydrogen (secondary N) is 2. The van der Waals surface area contributed by atoms with E-state index in [1.165, 1.54) is 0 Å². The van der Waals surface area contributed by atoms with E-state index in [1.807, 2.05) is 0 Å². The Kier molecular flexibility index (Phi) is 6.49. The van der Waals surface area contributed by atoms with E-state index in [2.05, 4.69) is 30.8 Å². The second kappa shape index (κ2) is 7.32. The Bertz CT molecular complexity index is 515. The van der Waals surface area contributed by atoms with Gasteiger partial charge in [-0.25, -0.2) is 9.59 Å². The maximum atomic E-state index is 10.2. The molecule has 10 nitrogen and oxygen atoms in total. The second-order valence-electron chi connectivity index (χ2n) is 3.13.